The van der Waals surface area contributed by atoms with Crippen molar-refractivity contribution in [3.05, 3.63) is 28.5 Å². The van der Waals surface area contributed by atoms with E-state index in [4.69, 9.17) is 0 Å². The van der Waals surface area contributed by atoms with Gasteiger partial charge in [-0.2, -0.15) is 0 Å². The van der Waals surface area contributed by atoms with E-state index in [9.17, 15) is 0 Å². The zero-order valence-corrected chi connectivity index (χ0v) is 11.1. The third-order valence-corrected chi connectivity index (χ3v) is 4.78. The molecule has 1 saturated carbocycles. The quantitative estimate of drug-likeness (QED) is 0.752. The van der Waals surface area contributed by atoms with Crippen molar-refractivity contribution < 1.29 is 0 Å². The van der Waals surface area contributed by atoms with Crippen LogP contribution < -0.4 is 0 Å². The normalized spacial score (nSPS) is 26.7. The molecule has 1 nitrogen and oxygen atoms in total. The summed E-state index contributed by atoms with van der Waals surface area (Å²) in [5.74, 6) is 0.765. The maximum absolute atomic E-state index is 4.41. The highest BCUT2D eigenvalue weighted by atomic mass is 79.9. The summed E-state index contributed by atoms with van der Waals surface area (Å²) in [5.41, 5.74) is 1.20. The molecule has 1 aromatic rings. The highest BCUT2D eigenvalue weighted by Crippen LogP contribution is 2.34. The van der Waals surface area contributed by atoms with Gasteiger partial charge in [-0.3, -0.25) is 4.98 Å². The zero-order chi connectivity index (χ0) is 9.97. The Morgan fingerprint density at radius 3 is 2.93 bits per heavy atom. The van der Waals surface area contributed by atoms with Crippen molar-refractivity contribution >= 4 is 31.9 Å². The van der Waals surface area contributed by atoms with Crippen LogP contribution in [-0.4, -0.2) is 9.81 Å². The standard InChI is InChI=1S/C11H13Br2N/c12-9-4-1-3-8(9)7-11-10(13)5-2-6-14-11/h2,5-6,8-9H,1,3-4,7H2. The van der Waals surface area contributed by atoms with E-state index in [1.54, 1.807) is 0 Å². The van der Waals surface area contributed by atoms with Crippen LogP contribution >= 0.6 is 31.9 Å². The number of hydrogen-bond acceptors (Lipinski definition) is 1. The monoisotopic (exact) mass is 317 g/mol. The molecule has 0 spiro atoms. The third kappa shape index (κ3) is 2.37. The third-order valence-electron chi connectivity index (χ3n) is 2.86. The smallest absolute Gasteiger partial charge is 0.0548 e. The van der Waals surface area contributed by atoms with Gasteiger partial charge in [0, 0.05) is 15.5 Å². The maximum Gasteiger partial charge on any atom is 0.0548 e. The SMILES string of the molecule is Brc1cccnc1CC1CCCC1Br. The Morgan fingerprint density at radius 2 is 2.29 bits per heavy atom. The number of aromatic nitrogens is 1. The van der Waals surface area contributed by atoms with Gasteiger partial charge in [0.05, 0.1) is 5.69 Å². The van der Waals surface area contributed by atoms with Gasteiger partial charge in [0.2, 0.25) is 0 Å². The van der Waals surface area contributed by atoms with Crippen LogP contribution in [0.1, 0.15) is 25.0 Å². The lowest BCUT2D eigenvalue weighted by Crippen LogP contribution is -2.11. The molecular weight excluding hydrogens is 306 g/mol. The minimum Gasteiger partial charge on any atom is -0.260 e. The van der Waals surface area contributed by atoms with Crippen LogP contribution in [0.15, 0.2) is 22.8 Å². The van der Waals surface area contributed by atoms with Crippen LogP contribution in [0, 0.1) is 5.92 Å². The first-order chi connectivity index (χ1) is 6.77. The molecule has 0 radical (unpaired) electrons. The fourth-order valence-corrected chi connectivity index (χ4v) is 3.23. The second-order valence-electron chi connectivity index (χ2n) is 3.84. The van der Waals surface area contributed by atoms with E-state index in [1.807, 2.05) is 12.3 Å². The van der Waals surface area contributed by atoms with Crippen molar-refractivity contribution in [2.24, 2.45) is 5.92 Å². The number of rotatable bonds is 2. The fourth-order valence-electron chi connectivity index (χ4n) is 2.04. The van der Waals surface area contributed by atoms with Crippen molar-refractivity contribution in [1.29, 1.82) is 0 Å². The Hall–Kier alpha value is 0.110. The average molecular weight is 319 g/mol. The highest BCUT2D eigenvalue weighted by Gasteiger charge is 2.25. The topological polar surface area (TPSA) is 12.9 Å². The van der Waals surface area contributed by atoms with Crippen LogP contribution in [0.4, 0.5) is 0 Å². The molecule has 2 unspecified atom stereocenters. The molecule has 3 heteroatoms. The van der Waals surface area contributed by atoms with Gasteiger partial charge in [-0.05, 0) is 53.2 Å². The molecule has 1 fully saturated rings. The van der Waals surface area contributed by atoms with Gasteiger partial charge in [-0.15, -0.1) is 0 Å². The molecule has 0 aliphatic heterocycles. The largest absolute Gasteiger partial charge is 0.260 e. The molecule has 0 saturated heterocycles. The summed E-state index contributed by atoms with van der Waals surface area (Å²) in [4.78, 5) is 5.10. The fraction of sp³-hybridized carbons (Fsp3) is 0.545. The Morgan fingerprint density at radius 1 is 1.43 bits per heavy atom. The van der Waals surface area contributed by atoms with Crippen molar-refractivity contribution in [1.82, 2.24) is 4.98 Å². The number of halogens is 2. The highest BCUT2D eigenvalue weighted by molar-refractivity contribution is 9.10. The summed E-state index contributed by atoms with van der Waals surface area (Å²) in [5, 5.41) is 0. The Kier molecular flexibility index (Phi) is 3.61. The zero-order valence-electron chi connectivity index (χ0n) is 7.92. The second kappa shape index (κ2) is 4.75. The van der Waals surface area contributed by atoms with Crippen molar-refractivity contribution in [3.63, 3.8) is 0 Å². The summed E-state index contributed by atoms with van der Waals surface area (Å²) < 4.78 is 1.15. The first-order valence-corrected chi connectivity index (χ1v) is 6.71. The predicted octanol–water partition coefficient (Wildman–Crippen LogP) is 3.95. The molecule has 0 aromatic carbocycles. The van der Waals surface area contributed by atoms with Gasteiger partial charge >= 0.3 is 0 Å². The van der Waals surface area contributed by atoms with Crippen LogP contribution in [0.25, 0.3) is 0 Å². The van der Waals surface area contributed by atoms with Gasteiger partial charge < -0.3 is 0 Å². The summed E-state index contributed by atoms with van der Waals surface area (Å²) in [6, 6.07) is 4.04. The van der Waals surface area contributed by atoms with Gasteiger partial charge in [0.15, 0.2) is 0 Å². The van der Waals surface area contributed by atoms with Crippen LogP contribution in [-0.2, 0) is 6.42 Å². The minimum absolute atomic E-state index is 0.691. The van der Waals surface area contributed by atoms with E-state index in [0.29, 0.717) is 4.83 Å². The number of alkyl halides is 1. The molecule has 0 N–H and O–H groups in total. The van der Waals surface area contributed by atoms with Crippen LogP contribution in [0.5, 0.6) is 0 Å². The van der Waals surface area contributed by atoms with Gasteiger partial charge in [0.25, 0.3) is 0 Å². The second-order valence-corrected chi connectivity index (χ2v) is 5.87. The van der Waals surface area contributed by atoms with Crippen molar-refractivity contribution in [2.75, 3.05) is 0 Å². The molecule has 76 valence electrons. The van der Waals surface area contributed by atoms with E-state index in [0.717, 1.165) is 16.8 Å². The number of nitrogens with zero attached hydrogens (tertiary/aromatic N) is 1. The van der Waals surface area contributed by atoms with Gasteiger partial charge in [0.1, 0.15) is 0 Å². The van der Waals surface area contributed by atoms with E-state index in [-0.39, 0.29) is 0 Å². The van der Waals surface area contributed by atoms with Crippen molar-refractivity contribution in [2.45, 2.75) is 30.5 Å². The first kappa shape index (κ1) is 10.6. The molecule has 1 heterocycles. The lowest BCUT2D eigenvalue weighted by molar-refractivity contribution is 0.553. The summed E-state index contributed by atoms with van der Waals surface area (Å²) >= 11 is 7.29. The van der Waals surface area contributed by atoms with E-state index < -0.39 is 0 Å². The van der Waals surface area contributed by atoms with Crippen LogP contribution in [0.2, 0.25) is 0 Å². The number of hydrogen-bond donors (Lipinski definition) is 0. The molecule has 0 bridgehead atoms. The summed E-state index contributed by atoms with van der Waals surface area (Å²) in [7, 11) is 0. The molecule has 1 aliphatic rings. The maximum atomic E-state index is 4.41. The summed E-state index contributed by atoms with van der Waals surface area (Å²) in [6.07, 6.45) is 6.97. The molecule has 1 aliphatic carbocycles. The Balaban J connectivity index is 2.07. The van der Waals surface area contributed by atoms with E-state index >= 15 is 0 Å². The molecular formula is C11H13Br2N. The lowest BCUT2D eigenvalue weighted by atomic mass is 10.0. The first-order valence-electron chi connectivity index (χ1n) is 5.01. The average Bonchev–Trinajstić information content (AvgIpc) is 2.56. The molecule has 2 atom stereocenters. The van der Waals surface area contributed by atoms with Crippen LogP contribution in [0.3, 0.4) is 0 Å². The van der Waals surface area contributed by atoms with E-state index in [2.05, 4.69) is 42.9 Å². The van der Waals surface area contributed by atoms with E-state index in [1.165, 1.54) is 25.0 Å². The molecule has 14 heavy (non-hydrogen) atoms. The number of pyridine rings is 1. The molecule has 1 aromatic heterocycles. The summed E-state index contributed by atoms with van der Waals surface area (Å²) in [6.45, 7) is 0. The van der Waals surface area contributed by atoms with Gasteiger partial charge in [-0.25, -0.2) is 0 Å². The Labute approximate surface area is 102 Å². The lowest BCUT2D eigenvalue weighted by Gasteiger charge is -2.13. The predicted molar refractivity (Wildman–Crippen MR) is 65.7 cm³/mol. The van der Waals surface area contributed by atoms with Gasteiger partial charge in [-0.1, -0.05) is 22.4 Å². The Bertz CT molecular complexity index is 314. The molecule has 0 amide bonds. The molecule has 2 rings (SSSR count). The van der Waals surface area contributed by atoms with Crippen molar-refractivity contribution in [3.8, 4) is 0 Å². The minimum atomic E-state index is 0.691.